The Kier molecular flexibility index (Phi) is 6.22. The van der Waals surface area contributed by atoms with Crippen molar-refractivity contribution in [2.24, 2.45) is 0 Å². The summed E-state index contributed by atoms with van der Waals surface area (Å²) in [4.78, 5) is 23.3. The summed E-state index contributed by atoms with van der Waals surface area (Å²) in [5.74, 6) is -0.984. The highest BCUT2D eigenvalue weighted by Gasteiger charge is 2.03. The number of nitriles is 1. The van der Waals surface area contributed by atoms with Crippen molar-refractivity contribution in [1.29, 1.82) is 5.26 Å². The van der Waals surface area contributed by atoms with E-state index in [1.54, 1.807) is 6.08 Å². The summed E-state index contributed by atoms with van der Waals surface area (Å²) in [6.07, 6.45) is 3.13. The zero-order valence-corrected chi connectivity index (χ0v) is 10.4. The average Bonchev–Trinajstić information content (AvgIpc) is 2.87. The molecule has 1 heterocycles. The van der Waals surface area contributed by atoms with Crippen molar-refractivity contribution in [1.82, 2.24) is 5.32 Å². The van der Waals surface area contributed by atoms with Gasteiger partial charge in [0.2, 0.25) is 0 Å². The lowest BCUT2D eigenvalue weighted by Crippen LogP contribution is -2.29. The Hall–Kier alpha value is -2.13. The van der Waals surface area contributed by atoms with Gasteiger partial charge in [-0.1, -0.05) is 6.07 Å². The summed E-state index contributed by atoms with van der Waals surface area (Å²) in [7, 11) is 0. The van der Waals surface area contributed by atoms with Gasteiger partial charge in [0.15, 0.2) is 6.61 Å². The maximum absolute atomic E-state index is 11.2. The number of nitrogens with one attached hydrogen (secondary N) is 1. The minimum absolute atomic E-state index is 0.234. The molecular weight excluding hydrogens is 252 g/mol. The number of ether oxygens (including phenoxy) is 1. The first-order valence-electron chi connectivity index (χ1n) is 5.24. The normalized spacial score (nSPS) is 9.94. The topological polar surface area (TPSA) is 79.2 Å². The van der Waals surface area contributed by atoms with Gasteiger partial charge in [0.1, 0.15) is 0 Å². The van der Waals surface area contributed by atoms with Gasteiger partial charge in [0.25, 0.3) is 5.91 Å². The van der Waals surface area contributed by atoms with Gasteiger partial charge >= 0.3 is 5.97 Å². The molecule has 0 aromatic carbocycles. The molecule has 0 radical (unpaired) electrons. The Morgan fingerprint density at radius 2 is 2.39 bits per heavy atom. The Morgan fingerprint density at radius 3 is 3.06 bits per heavy atom. The Balaban J connectivity index is 2.21. The van der Waals surface area contributed by atoms with Crippen LogP contribution in [0.3, 0.4) is 0 Å². The van der Waals surface area contributed by atoms with Crippen LogP contribution in [0.25, 0.3) is 6.08 Å². The standard InChI is InChI=1S/C12H12N2O3S/c13-6-2-7-14-11(15)9-17-12(16)5-4-10-3-1-8-18-10/h1,3-5,8H,2,7,9H2,(H,14,15)/b5-4+. The molecule has 5 nitrogen and oxygen atoms in total. The van der Waals surface area contributed by atoms with Gasteiger partial charge in [0.05, 0.1) is 12.5 Å². The molecule has 0 atom stereocenters. The second-order valence-corrected chi connectivity index (χ2v) is 4.19. The van der Waals surface area contributed by atoms with Gasteiger partial charge in [-0.15, -0.1) is 11.3 Å². The largest absolute Gasteiger partial charge is 0.452 e. The molecule has 1 rings (SSSR count). The third kappa shape index (κ3) is 5.82. The van der Waals surface area contributed by atoms with E-state index < -0.39 is 11.9 Å². The quantitative estimate of drug-likeness (QED) is 0.477. The molecule has 1 aromatic rings. The van der Waals surface area contributed by atoms with Crippen LogP contribution in [-0.4, -0.2) is 25.0 Å². The molecule has 0 aliphatic heterocycles. The predicted octanol–water partition coefficient (Wildman–Crippen LogP) is 1.33. The van der Waals surface area contributed by atoms with Crippen LogP contribution in [0.2, 0.25) is 0 Å². The second kappa shape index (κ2) is 8.03. The number of amides is 1. The van der Waals surface area contributed by atoms with Crippen molar-refractivity contribution in [2.75, 3.05) is 13.2 Å². The number of rotatable bonds is 6. The summed E-state index contributed by atoms with van der Waals surface area (Å²) in [5.41, 5.74) is 0. The summed E-state index contributed by atoms with van der Waals surface area (Å²) in [5, 5.41) is 12.6. The molecule has 1 amide bonds. The molecular formula is C12H12N2O3S. The number of hydrogen-bond donors (Lipinski definition) is 1. The lowest BCUT2D eigenvalue weighted by atomic mass is 10.4. The molecule has 6 heteroatoms. The first kappa shape index (κ1) is 13.9. The van der Waals surface area contributed by atoms with Crippen molar-refractivity contribution in [3.63, 3.8) is 0 Å². The molecule has 18 heavy (non-hydrogen) atoms. The Bertz CT molecular complexity index is 460. The maximum Gasteiger partial charge on any atom is 0.331 e. The van der Waals surface area contributed by atoms with E-state index in [2.05, 4.69) is 5.32 Å². The van der Waals surface area contributed by atoms with Crippen molar-refractivity contribution < 1.29 is 14.3 Å². The number of thiophene rings is 1. The molecule has 0 unspecified atom stereocenters. The fourth-order valence-corrected chi connectivity index (χ4v) is 1.65. The van der Waals surface area contributed by atoms with Gasteiger partial charge in [-0.3, -0.25) is 4.79 Å². The zero-order chi connectivity index (χ0) is 13.2. The highest BCUT2D eigenvalue weighted by Crippen LogP contribution is 2.09. The molecule has 1 aromatic heterocycles. The molecule has 0 fully saturated rings. The van der Waals surface area contributed by atoms with Gasteiger partial charge in [-0.25, -0.2) is 4.79 Å². The highest BCUT2D eigenvalue weighted by molar-refractivity contribution is 7.10. The molecule has 0 saturated carbocycles. The van der Waals surface area contributed by atoms with Crippen LogP contribution in [0.1, 0.15) is 11.3 Å². The van der Waals surface area contributed by atoms with Gasteiger partial charge < -0.3 is 10.1 Å². The molecule has 94 valence electrons. The van der Waals surface area contributed by atoms with Crippen molar-refractivity contribution in [3.05, 3.63) is 28.5 Å². The lowest BCUT2D eigenvalue weighted by Gasteiger charge is -2.02. The third-order valence-electron chi connectivity index (χ3n) is 1.83. The van der Waals surface area contributed by atoms with E-state index in [0.29, 0.717) is 0 Å². The van der Waals surface area contributed by atoms with Gasteiger partial charge in [-0.2, -0.15) is 5.26 Å². The van der Waals surface area contributed by atoms with Crippen molar-refractivity contribution in [3.8, 4) is 6.07 Å². The third-order valence-corrected chi connectivity index (χ3v) is 2.67. The van der Waals surface area contributed by atoms with E-state index >= 15 is 0 Å². The molecule has 0 bridgehead atoms. The first-order valence-corrected chi connectivity index (χ1v) is 6.12. The number of esters is 1. The lowest BCUT2D eigenvalue weighted by molar-refractivity contribution is -0.143. The van der Waals surface area contributed by atoms with E-state index in [9.17, 15) is 9.59 Å². The molecule has 1 N–H and O–H groups in total. The van der Waals surface area contributed by atoms with E-state index in [4.69, 9.17) is 10.00 Å². The molecule has 0 aliphatic carbocycles. The fraction of sp³-hybridized carbons (Fsp3) is 0.250. The zero-order valence-electron chi connectivity index (χ0n) is 9.59. The van der Waals surface area contributed by atoms with Crippen molar-refractivity contribution in [2.45, 2.75) is 6.42 Å². The van der Waals surface area contributed by atoms with Gasteiger partial charge in [0, 0.05) is 17.5 Å². The maximum atomic E-state index is 11.2. The summed E-state index contributed by atoms with van der Waals surface area (Å²) in [6, 6.07) is 5.63. The molecule has 0 spiro atoms. The fourth-order valence-electron chi connectivity index (χ4n) is 1.03. The minimum atomic E-state index is -0.571. The van der Waals surface area contributed by atoms with E-state index in [1.165, 1.54) is 17.4 Å². The number of hydrogen-bond acceptors (Lipinski definition) is 5. The summed E-state index contributed by atoms with van der Waals surface area (Å²) >= 11 is 1.50. The van der Waals surface area contributed by atoms with Crippen LogP contribution < -0.4 is 5.32 Å². The number of nitrogens with zero attached hydrogens (tertiary/aromatic N) is 1. The smallest absolute Gasteiger partial charge is 0.331 e. The molecule has 0 aliphatic rings. The van der Waals surface area contributed by atoms with Crippen LogP contribution in [0.4, 0.5) is 0 Å². The van der Waals surface area contributed by atoms with E-state index in [0.717, 1.165) is 4.88 Å². The predicted molar refractivity (Wildman–Crippen MR) is 67.6 cm³/mol. The Morgan fingerprint density at radius 1 is 1.56 bits per heavy atom. The van der Waals surface area contributed by atoms with Crippen LogP contribution in [0.5, 0.6) is 0 Å². The van der Waals surface area contributed by atoms with Crippen LogP contribution in [0.15, 0.2) is 23.6 Å². The number of carbonyl (C=O) groups is 2. The summed E-state index contributed by atoms with van der Waals surface area (Å²) < 4.78 is 4.72. The highest BCUT2D eigenvalue weighted by atomic mass is 32.1. The van der Waals surface area contributed by atoms with Crippen molar-refractivity contribution >= 4 is 29.3 Å². The van der Waals surface area contributed by atoms with Crippen LogP contribution in [-0.2, 0) is 14.3 Å². The summed E-state index contributed by atoms with van der Waals surface area (Å²) in [6.45, 7) is -0.0725. The Labute approximate surface area is 109 Å². The number of carbonyl (C=O) groups excluding carboxylic acids is 2. The van der Waals surface area contributed by atoms with Gasteiger partial charge in [-0.05, 0) is 17.5 Å². The first-order chi connectivity index (χ1) is 8.72. The second-order valence-electron chi connectivity index (χ2n) is 3.21. The van der Waals surface area contributed by atoms with E-state index in [1.807, 2.05) is 23.6 Å². The SMILES string of the molecule is N#CCCNC(=O)COC(=O)/C=C/c1cccs1. The minimum Gasteiger partial charge on any atom is -0.452 e. The van der Waals surface area contributed by atoms with Crippen LogP contribution in [0, 0.1) is 11.3 Å². The molecule has 0 saturated heterocycles. The average molecular weight is 264 g/mol. The van der Waals surface area contributed by atoms with E-state index in [-0.39, 0.29) is 19.6 Å². The van der Waals surface area contributed by atoms with Crippen LogP contribution >= 0.6 is 11.3 Å². The monoisotopic (exact) mass is 264 g/mol.